The summed E-state index contributed by atoms with van der Waals surface area (Å²) in [5.74, 6) is 2.55. The topological polar surface area (TPSA) is 24.1 Å². The first-order valence-corrected chi connectivity index (χ1v) is 6.46. The Kier molecular flexibility index (Phi) is 5.14. The molecule has 1 aliphatic rings. The smallest absolute Gasteiger partial charge is 0.0289 e. The SMILES string of the molecule is CCSCCCNC1(C)CCNC1. The fraction of sp³-hybridized carbons (Fsp3) is 1.00. The first-order chi connectivity index (χ1) is 6.27. The van der Waals surface area contributed by atoms with Crippen molar-refractivity contribution in [2.45, 2.75) is 32.2 Å². The minimum Gasteiger partial charge on any atom is -0.315 e. The average molecular weight is 202 g/mol. The molecule has 0 aromatic heterocycles. The molecule has 13 heavy (non-hydrogen) atoms. The van der Waals surface area contributed by atoms with Crippen molar-refractivity contribution in [2.75, 3.05) is 31.1 Å². The van der Waals surface area contributed by atoms with Crippen LogP contribution in [-0.2, 0) is 0 Å². The van der Waals surface area contributed by atoms with E-state index in [1.807, 2.05) is 11.8 Å². The zero-order valence-electron chi connectivity index (χ0n) is 8.86. The number of hydrogen-bond acceptors (Lipinski definition) is 3. The second-order valence-corrected chi connectivity index (χ2v) is 5.36. The van der Waals surface area contributed by atoms with E-state index in [0.29, 0.717) is 5.54 Å². The summed E-state index contributed by atoms with van der Waals surface area (Å²) < 4.78 is 0. The second-order valence-electron chi connectivity index (χ2n) is 3.96. The van der Waals surface area contributed by atoms with E-state index in [2.05, 4.69) is 24.5 Å². The Hall–Kier alpha value is 0.270. The lowest BCUT2D eigenvalue weighted by Crippen LogP contribution is -2.44. The van der Waals surface area contributed by atoms with Crippen LogP contribution in [0.2, 0.25) is 0 Å². The van der Waals surface area contributed by atoms with Gasteiger partial charge in [-0.15, -0.1) is 0 Å². The van der Waals surface area contributed by atoms with Gasteiger partial charge >= 0.3 is 0 Å². The van der Waals surface area contributed by atoms with Crippen molar-refractivity contribution in [1.29, 1.82) is 0 Å². The van der Waals surface area contributed by atoms with Crippen LogP contribution in [0.3, 0.4) is 0 Å². The molecule has 0 aromatic rings. The van der Waals surface area contributed by atoms with Gasteiger partial charge in [-0.1, -0.05) is 6.92 Å². The molecule has 78 valence electrons. The number of thioether (sulfide) groups is 1. The van der Waals surface area contributed by atoms with E-state index in [1.54, 1.807) is 0 Å². The van der Waals surface area contributed by atoms with Gasteiger partial charge in [-0.2, -0.15) is 11.8 Å². The van der Waals surface area contributed by atoms with Gasteiger partial charge in [-0.25, -0.2) is 0 Å². The van der Waals surface area contributed by atoms with E-state index in [1.165, 1.54) is 37.4 Å². The first-order valence-electron chi connectivity index (χ1n) is 5.30. The van der Waals surface area contributed by atoms with E-state index in [9.17, 15) is 0 Å². The summed E-state index contributed by atoms with van der Waals surface area (Å²) >= 11 is 2.03. The molecule has 1 atom stereocenters. The average Bonchev–Trinajstić information content (AvgIpc) is 2.53. The van der Waals surface area contributed by atoms with Crippen molar-refractivity contribution in [3.8, 4) is 0 Å². The van der Waals surface area contributed by atoms with Gasteiger partial charge in [0.1, 0.15) is 0 Å². The molecule has 1 heterocycles. The molecular weight excluding hydrogens is 180 g/mol. The van der Waals surface area contributed by atoms with Gasteiger partial charge < -0.3 is 10.6 Å². The molecule has 1 saturated heterocycles. The molecule has 0 radical (unpaired) electrons. The number of rotatable bonds is 6. The van der Waals surface area contributed by atoms with Crippen LogP contribution in [0.25, 0.3) is 0 Å². The van der Waals surface area contributed by atoms with Crippen LogP contribution in [0.15, 0.2) is 0 Å². The summed E-state index contributed by atoms with van der Waals surface area (Å²) in [5.41, 5.74) is 0.372. The maximum atomic E-state index is 3.64. The van der Waals surface area contributed by atoms with Crippen molar-refractivity contribution >= 4 is 11.8 Å². The fourth-order valence-electron chi connectivity index (χ4n) is 1.68. The Bertz CT molecular complexity index is 133. The molecule has 3 heteroatoms. The lowest BCUT2D eigenvalue weighted by Gasteiger charge is -2.24. The lowest BCUT2D eigenvalue weighted by atomic mass is 10.0. The Morgan fingerprint density at radius 3 is 3.00 bits per heavy atom. The summed E-state index contributed by atoms with van der Waals surface area (Å²) in [7, 11) is 0. The Morgan fingerprint density at radius 2 is 2.38 bits per heavy atom. The summed E-state index contributed by atoms with van der Waals surface area (Å²) in [6.07, 6.45) is 2.57. The van der Waals surface area contributed by atoms with E-state index >= 15 is 0 Å². The molecule has 0 amide bonds. The molecule has 0 spiro atoms. The molecular formula is C10H22N2S. The molecule has 0 bridgehead atoms. The maximum absolute atomic E-state index is 3.64. The van der Waals surface area contributed by atoms with Gasteiger partial charge in [0.25, 0.3) is 0 Å². The molecule has 2 nitrogen and oxygen atoms in total. The quantitative estimate of drug-likeness (QED) is 0.638. The van der Waals surface area contributed by atoms with E-state index < -0.39 is 0 Å². The predicted molar refractivity (Wildman–Crippen MR) is 61.5 cm³/mol. The summed E-state index contributed by atoms with van der Waals surface area (Å²) in [5, 5.41) is 7.04. The van der Waals surface area contributed by atoms with Crippen LogP contribution in [0, 0.1) is 0 Å². The Balaban J connectivity index is 1.98. The highest BCUT2D eigenvalue weighted by molar-refractivity contribution is 7.99. The first kappa shape index (κ1) is 11.3. The highest BCUT2D eigenvalue weighted by Crippen LogP contribution is 2.13. The van der Waals surface area contributed by atoms with Crippen molar-refractivity contribution in [2.24, 2.45) is 0 Å². The largest absolute Gasteiger partial charge is 0.315 e. The Labute approximate surface area is 86.2 Å². The molecule has 0 saturated carbocycles. The van der Waals surface area contributed by atoms with Gasteiger partial charge in [-0.3, -0.25) is 0 Å². The molecule has 1 rings (SSSR count). The van der Waals surface area contributed by atoms with Crippen molar-refractivity contribution in [3.05, 3.63) is 0 Å². The minimum atomic E-state index is 0.372. The van der Waals surface area contributed by atoms with Gasteiger partial charge in [0, 0.05) is 12.1 Å². The zero-order valence-corrected chi connectivity index (χ0v) is 9.67. The summed E-state index contributed by atoms with van der Waals surface area (Å²) in [6, 6.07) is 0. The third kappa shape index (κ3) is 4.34. The van der Waals surface area contributed by atoms with Crippen LogP contribution >= 0.6 is 11.8 Å². The summed E-state index contributed by atoms with van der Waals surface area (Å²) in [6.45, 7) is 8.02. The van der Waals surface area contributed by atoms with Crippen LogP contribution in [0.4, 0.5) is 0 Å². The van der Waals surface area contributed by atoms with Crippen LogP contribution < -0.4 is 10.6 Å². The molecule has 0 aromatic carbocycles. The van der Waals surface area contributed by atoms with Crippen molar-refractivity contribution in [1.82, 2.24) is 10.6 Å². The van der Waals surface area contributed by atoms with Gasteiger partial charge in [0.05, 0.1) is 0 Å². The zero-order chi connectivity index (χ0) is 9.57. The van der Waals surface area contributed by atoms with Gasteiger partial charge in [0.2, 0.25) is 0 Å². The van der Waals surface area contributed by atoms with Gasteiger partial charge in [0.15, 0.2) is 0 Å². The number of hydrogen-bond donors (Lipinski definition) is 2. The van der Waals surface area contributed by atoms with Crippen molar-refractivity contribution in [3.63, 3.8) is 0 Å². The lowest BCUT2D eigenvalue weighted by molar-refractivity contribution is 0.389. The molecule has 1 fully saturated rings. The van der Waals surface area contributed by atoms with E-state index in [-0.39, 0.29) is 0 Å². The third-order valence-corrected chi connectivity index (χ3v) is 3.58. The molecule has 1 aliphatic heterocycles. The van der Waals surface area contributed by atoms with E-state index in [0.717, 1.165) is 6.54 Å². The fourth-order valence-corrected chi connectivity index (χ4v) is 2.31. The van der Waals surface area contributed by atoms with E-state index in [4.69, 9.17) is 0 Å². The van der Waals surface area contributed by atoms with Crippen molar-refractivity contribution < 1.29 is 0 Å². The van der Waals surface area contributed by atoms with Crippen LogP contribution in [0.5, 0.6) is 0 Å². The predicted octanol–water partition coefficient (Wildman–Crippen LogP) is 1.47. The molecule has 2 N–H and O–H groups in total. The second kappa shape index (κ2) is 5.89. The monoisotopic (exact) mass is 202 g/mol. The standard InChI is InChI=1S/C10H22N2S/c1-3-13-8-4-6-12-10(2)5-7-11-9-10/h11-12H,3-9H2,1-2H3. The summed E-state index contributed by atoms with van der Waals surface area (Å²) in [4.78, 5) is 0. The highest BCUT2D eigenvalue weighted by atomic mass is 32.2. The molecule has 1 unspecified atom stereocenters. The normalized spacial score (nSPS) is 28.2. The highest BCUT2D eigenvalue weighted by Gasteiger charge is 2.26. The molecule has 0 aliphatic carbocycles. The van der Waals surface area contributed by atoms with Crippen LogP contribution in [0.1, 0.15) is 26.7 Å². The Morgan fingerprint density at radius 1 is 1.54 bits per heavy atom. The number of nitrogens with one attached hydrogen (secondary N) is 2. The maximum Gasteiger partial charge on any atom is 0.0289 e. The third-order valence-electron chi connectivity index (χ3n) is 2.59. The van der Waals surface area contributed by atoms with Crippen LogP contribution in [-0.4, -0.2) is 36.7 Å². The minimum absolute atomic E-state index is 0.372. The van der Waals surface area contributed by atoms with Gasteiger partial charge in [-0.05, 0) is 44.4 Å².